The molecule has 8 nitrogen and oxygen atoms in total. The van der Waals surface area contributed by atoms with Gasteiger partial charge >= 0.3 is 0 Å². The predicted octanol–water partition coefficient (Wildman–Crippen LogP) is 1.88. The number of amides is 3. The number of ether oxygens (including phenoxy) is 1. The van der Waals surface area contributed by atoms with E-state index in [1.165, 1.54) is 0 Å². The van der Waals surface area contributed by atoms with Gasteiger partial charge in [-0.2, -0.15) is 0 Å². The van der Waals surface area contributed by atoms with Crippen LogP contribution in [0.1, 0.15) is 33.1 Å². The lowest BCUT2D eigenvalue weighted by Crippen LogP contribution is -2.56. The van der Waals surface area contributed by atoms with Crippen molar-refractivity contribution in [2.45, 2.75) is 55.2 Å². The van der Waals surface area contributed by atoms with E-state index in [1.807, 2.05) is 13.8 Å². The van der Waals surface area contributed by atoms with Crippen molar-refractivity contribution in [3.8, 4) is 5.75 Å². The molecule has 0 aliphatic carbocycles. The van der Waals surface area contributed by atoms with Crippen molar-refractivity contribution < 1.29 is 24.2 Å². The molecule has 1 aromatic carbocycles. The molecule has 3 N–H and O–H groups in total. The van der Waals surface area contributed by atoms with Crippen molar-refractivity contribution in [3.63, 3.8) is 0 Å². The van der Waals surface area contributed by atoms with Gasteiger partial charge < -0.3 is 25.4 Å². The Morgan fingerprint density at radius 3 is 2.58 bits per heavy atom. The van der Waals surface area contributed by atoms with Gasteiger partial charge in [0.25, 0.3) is 0 Å². The van der Waals surface area contributed by atoms with Gasteiger partial charge in [0.05, 0.1) is 36.3 Å². The summed E-state index contributed by atoms with van der Waals surface area (Å²) in [6.45, 7) is 3.76. The fourth-order valence-electron chi connectivity index (χ4n) is 5.91. The summed E-state index contributed by atoms with van der Waals surface area (Å²) in [7, 11) is 3.17. The molecule has 7 atom stereocenters. The van der Waals surface area contributed by atoms with Crippen LogP contribution in [0.2, 0.25) is 0 Å². The Kier molecular flexibility index (Phi) is 6.64. The average Bonchev–Trinajstić information content (AvgIpc) is 3.47. The monoisotopic (exact) mass is 475 g/mol. The molecule has 3 saturated heterocycles. The fraction of sp³-hybridized carbons (Fsp3) is 0.625. The maximum absolute atomic E-state index is 13.9. The maximum Gasteiger partial charge on any atom is 0.248 e. The number of fused-ring (bicyclic) bond motifs is 1. The minimum atomic E-state index is -0.757. The first-order chi connectivity index (χ1) is 15.8. The first-order valence-corrected chi connectivity index (χ1v) is 12.5. The largest absolute Gasteiger partial charge is 0.497 e. The van der Waals surface area contributed by atoms with E-state index in [4.69, 9.17) is 4.74 Å². The molecule has 2 bridgehead atoms. The number of hydrogen-bond acceptors (Lipinski definition) is 6. The van der Waals surface area contributed by atoms with Gasteiger partial charge in [0, 0.05) is 18.0 Å². The van der Waals surface area contributed by atoms with Gasteiger partial charge in [-0.15, -0.1) is 11.8 Å². The molecule has 3 amide bonds. The number of benzene rings is 1. The molecule has 4 rings (SSSR count). The number of nitrogens with one attached hydrogen (secondary N) is 2. The highest BCUT2D eigenvalue weighted by molar-refractivity contribution is 8.02. The SMILES string of the molecule is CC[C@H](C)[C@H](CO)N1C(=O)[C@@H]2[C@@H](C(=O)NC)[C@H]3CCC2(S3)C1C(=O)Nc1ccc(OC)cc1. The lowest BCUT2D eigenvalue weighted by Gasteiger charge is -2.39. The average molecular weight is 476 g/mol. The van der Waals surface area contributed by atoms with E-state index < -0.39 is 28.7 Å². The molecule has 9 heteroatoms. The number of thioether (sulfide) groups is 1. The number of methoxy groups -OCH3 is 1. The molecule has 3 aliphatic rings. The molecule has 0 aromatic heterocycles. The molecule has 3 heterocycles. The zero-order valence-corrected chi connectivity index (χ0v) is 20.4. The molecule has 3 fully saturated rings. The van der Waals surface area contributed by atoms with Crippen LogP contribution in [0.3, 0.4) is 0 Å². The smallest absolute Gasteiger partial charge is 0.248 e. The summed E-state index contributed by atoms with van der Waals surface area (Å²) in [6.07, 6.45) is 2.25. The van der Waals surface area contributed by atoms with Gasteiger partial charge in [-0.3, -0.25) is 14.4 Å². The topological polar surface area (TPSA) is 108 Å². The van der Waals surface area contributed by atoms with Gasteiger partial charge in [0.15, 0.2) is 0 Å². The second-order valence-corrected chi connectivity index (χ2v) is 10.9. The molecule has 0 radical (unpaired) electrons. The zero-order valence-electron chi connectivity index (χ0n) is 19.5. The van der Waals surface area contributed by atoms with Crippen LogP contribution in [-0.4, -0.2) is 70.6 Å². The standard InChI is InChI=1S/C24H33N3O5S/c1-5-13(2)16(12-28)27-20(22(30)26-14-6-8-15(32-4)9-7-14)24-11-10-17(33-24)18(21(29)25-3)19(24)23(27)31/h6-9,13,16-20,28H,5,10-12H2,1-4H3,(H,25,29)(H,26,30)/t13-,16-,17+,18-,19-,20?,24?/m0/s1. The molecule has 180 valence electrons. The van der Waals surface area contributed by atoms with Gasteiger partial charge in [0.2, 0.25) is 17.7 Å². The molecular formula is C24H33N3O5S. The van der Waals surface area contributed by atoms with Crippen molar-refractivity contribution in [3.05, 3.63) is 24.3 Å². The number of carbonyl (C=O) groups is 3. The normalized spacial score (nSPS) is 31.8. The first-order valence-electron chi connectivity index (χ1n) is 11.6. The summed E-state index contributed by atoms with van der Waals surface area (Å²) in [6, 6.07) is 5.81. The fourth-order valence-corrected chi connectivity index (χ4v) is 8.12. The first kappa shape index (κ1) is 23.9. The molecule has 3 aliphatic heterocycles. The van der Waals surface area contributed by atoms with Crippen molar-refractivity contribution in [1.82, 2.24) is 10.2 Å². The number of nitrogens with zero attached hydrogens (tertiary/aromatic N) is 1. The number of aliphatic hydroxyl groups is 1. The Labute approximate surface area is 198 Å². The van der Waals surface area contributed by atoms with E-state index >= 15 is 0 Å². The summed E-state index contributed by atoms with van der Waals surface area (Å²) < 4.78 is 4.53. The Morgan fingerprint density at radius 1 is 1.30 bits per heavy atom. The molecule has 1 spiro atoms. The van der Waals surface area contributed by atoms with Crippen molar-refractivity contribution >= 4 is 35.2 Å². The van der Waals surface area contributed by atoms with E-state index in [-0.39, 0.29) is 35.5 Å². The predicted molar refractivity (Wildman–Crippen MR) is 127 cm³/mol. The minimum Gasteiger partial charge on any atom is -0.497 e. The second-order valence-electron chi connectivity index (χ2n) is 9.27. The van der Waals surface area contributed by atoms with Crippen LogP contribution in [0.25, 0.3) is 0 Å². The molecular weight excluding hydrogens is 442 g/mol. The highest BCUT2D eigenvalue weighted by Gasteiger charge is 2.74. The van der Waals surface area contributed by atoms with Crippen LogP contribution >= 0.6 is 11.8 Å². The summed E-state index contributed by atoms with van der Waals surface area (Å²) in [5.74, 6) is -0.945. The van der Waals surface area contributed by atoms with E-state index in [9.17, 15) is 19.5 Å². The Hall–Kier alpha value is -2.26. The van der Waals surface area contributed by atoms with E-state index in [1.54, 1.807) is 55.1 Å². The minimum absolute atomic E-state index is 0.00566. The quantitative estimate of drug-likeness (QED) is 0.530. The van der Waals surface area contributed by atoms with E-state index in [0.29, 0.717) is 17.9 Å². The van der Waals surface area contributed by atoms with Crippen LogP contribution in [0.15, 0.2) is 24.3 Å². The number of carbonyl (C=O) groups excluding carboxylic acids is 3. The number of likely N-dealkylation sites (tertiary alicyclic amines) is 1. The lowest BCUT2D eigenvalue weighted by atomic mass is 9.70. The van der Waals surface area contributed by atoms with Crippen molar-refractivity contribution in [2.24, 2.45) is 17.8 Å². The highest BCUT2D eigenvalue weighted by atomic mass is 32.2. The summed E-state index contributed by atoms with van der Waals surface area (Å²) in [5, 5.41) is 16.0. The van der Waals surface area contributed by atoms with E-state index in [2.05, 4.69) is 10.6 Å². The third-order valence-corrected chi connectivity index (χ3v) is 9.69. The van der Waals surface area contributed by atoms with Gasteiger partial charge in [-0.25, -0.2) is 0 Å². The summed E-state index contributed by atoms with van der Waals surface area (Å²) in [5.41, 5.74) is 0.609. The van der Waals surface area contributed by atoms with Gasteiger partial charge in [-0.05, 0) is 43.0 Å². The number of rotatable bonds is 8. The molecule has 1 aromatic rings. The third kappa shape index (κ3) is 3.69. The molecule has 33 heavy (non-hydrogen) atoms. The number of aliphatic hydroxyl groups excluding tert-OH is 1. The Morgan fingerprint density at radius 2 is 2.00 bits per heavy atom. The number of anilines is 1. The number of hydrogen-bond donors (Lipinski definition) is 3. The summed E-state index contributed by atoms with van der Waals surface area (Å²) in [4.78, 5) is 42.1. The van der Waals surface area contributed by atoms with Crippen LogP contribution < -0.4 is 15.4 Å². The van der Waals surface area contributed by atoms with E-state index in [0.717, 1.165) is 12.8 Å². The maximum atomic E-state index is 13.9. The van der Waals surface area contributed by atoms with Crippen LogP contribution in [0, 0.1) is 17.8 Å². The van der Waals surface area contributed by atoms with Crippen LogP contribution in [-0.2, 0) is 14.4 Å². The highest BCUT2D eigenvalue weighted by Crippen LogP contribution is 2.66. The summed E-state index contributed by atoms with van der Waals surface area (Å²) >= 11 is 1.62. The van der Waals surface area contributed by atoms with Crippen LogP contribution in [0.5, 0.6) is 5.75 Å². The second kappa shape index (κ2) is 9.18. The van der Waals surface area contributed by atoms with Gasteiger partial charge in [-0.1, -0.05) is 20.3 Å². The lowest BCUT2D eigenvalue weighted by molar-refractivity contribution is -0.143. The van der Waals surface area contributed by atoms with Crippen LogP contribution in [0.4, 0.5) is 5.69 Å². The Bertz CT molecular complexity index is 925. The van der Waals surface area contributed by atoms with Gasteiger partial charge in [0.1, 0.15) is 11.8 Å². The molecule has 0 saturated carbocycles. The van der Waals surface area contributed by atoms with Crippen molar-refractivity contribution in [2.75, 3.05) is 26.1 Å². The van der Waals surface area contributed by atoms with Crippen molar-refractivity contribution in [1.29, 1.82) is 0 Å². The zero-order chi connectivity index (χ0) is 23.9. The Balaban J connectivity index is 1.74. The molecule has 2 unspecified atom stereocenters. The third-order valence-electron chi connectivity index (χ3n) is 7.74.